The number of para-hydroxylation sites is 1. The Labute approximate surface area is 310 Å². The van der Waals surface area contributed by atoms with Crippen molar-refractivity contribution in [3.63, 3.8) is 0 Å². The lowest BCUT2D eigenvalue weighted by Crippen LogP contribution is -1.91. The summed E-state index contributed by atoms with van der Waals surface area (Å²) in [4.78, 5) is 0. The molecule has 2 nitrogen and oxygen atoms in total. The van der Waals surface area contributed by atoms with Crippen molar-refractivity contribution >= 4 is 87.0 Å². The van der Waals surface area contributed by atoms with Gasteiger partial charge in [0.15, 0.2) is 0 Å². The molecular formula is C52H30O2. The molecule has 12 aromatic rings. The van der Waals surface area contributed by atoms with Gasteiger partial charge in [-0.15, -0.1) is 0 Å². The Morgan fingerprint density at radius 3 is 1.48 bits per heavy atom. The Hall–Kier alpha value is -7.16. The normalized spacial score (nSPS) is 12.1. The van der Waals surface area contributed by atoms with Gasteiger partial charge in [0.25, 0.3) is 0 Å². The summed E-state index contributed by atoms with van der Waals surface area (Å²) < 4.78 is 13.0. The van der Waals surface area contributed by atoms with Crippen molar-refractivity contribution in [2.45, 2.75) is 0 Å². The maximum atomic E-state index is 6.67. The van der Waals surface area contributed by atoms with E-state index in [1.807, 2.05) is 24.3 Å². The second kappa shape index (κ2) is 11.2. The largest absolute Gasteiger partial charge is 0.456 e. The van der Waals surface area contributed by atoms with Gasteiger partial charge < -0.3 is 8.83 Å². The van der Waals surface area contributed by atoms with Crippen LogP contribution in [0.15, 0.2) is 191 Å². The zero-order valence-electron chi connectivity index (χ0n) is 29.1. The summed E-state index contributed by atoms with van der Waals surface area (Å²) in [5, 5.41) is 14.3. The van der Waals surface area contributed by atoms with Crippen LogP contribution >= 0.6 is 0 Å². The summed E-state index contributed by atoms with van der Waals surface area (Å²) in [6.07, 6.45) is 0. The molecule has 54 heavy (non-hydrogen) atoms. The zero-order chi connectivity index (χ0) is 35.3. The lowest BCUT2D eigenvalue weighted by molar-refractivity contribution is 0.663. The van der Waals surface area contributed by atoms with Crippen molar-refractivity contribution < 1.29 is 8.83 Å². The number of rotatable bonds is 3. The SMILES string of the molecule is c1ccc2c(-c3c4ccccc4c(-c4ccc(-c5cc6oc7ccc8oc9ccccc9c8c7c6c6ccccc56)cc4)c4ccccc34)cccc2c1. The van der Waals surface area contributed by atoms with Gasteiger partial charge in [-0.05, 0) is 101 Å². The lowest BCUT2D eigenvalue weighted by Gasteiger charge is -2.19. The Morgan fingerprint density at radius 2 is 0.759 bits per heavy atom. The molecule has 10 aromatic carbocycles. The first-order valence-electron chi connectivity index (χ1n) is 18.5. The van der Waals surface area contributed by atoms with Gasteiger partial charge in [0.2, 0.25) is 0 Å². The second-order valence-electron chi connectivity index (χ2n) is 14.3. The topological polar surface area (TPSA) is 26.3 Å². The highest BCUT2D eigenvalue weighted by atomic mass is 16.3. The molecule has 0 atom stereocenters. The van der Waals surface area contributed by atoms with Crippen LogP contribution < -0.4 is 0 Å². The molecule has 0 saturated heterocycles. The van der Waals surface area contributed by atoms with E-state index >= 15 is 0 Å². The van der Waals surface area contributed by atoms with Crippen LogP contribution in [0.2, 0.25) is 0 Å². The van der Waals surface area contributed by atoms with Gasteiger partial charge in [0.05, 0.1) is 0 Å². The number of fused-ring (bicyclic) bond motifs is 12. The van der Waals surface area contributed by atoms with Crippen LogP contribution in [0.1, 0.15) is 0 Å². The van der Waals surface area contributed by atoms with Crippen LogP contribution in [-0.4, -0.2) is 0 Å². The van der Waals surface area contributed by atoms with Gasteiger partial charge in [0.1, 0.15) is 22.3 Å². The molecule has 0 radical (unpaired) electrons. The number of hydrogen-bond donors (Lipinski definition) is 0. The molecule has 12 rings (SSSR count). The van der Waals surface area contributed by atoms with Crippen LogP contribution in [0.3, 0.4) is 0 Å². The van der Waals surface area contributed by atoms with Crippen LogP contribution in [0, 0.1) is 0 Å². The maximum absolute atomic E-state index is 6.67. The third-order valence-electron chi connectivity index (χ3n) is 11.5. The minimum absolute atomic E-state index is 0.868. The second-order valence-corrected chi connectivity index (χ2v) is 14.3. The molecule has 2 aromatic heterocycles. The number of furan rings is 2. The minimum atomic E-state index is 0.868. The van der Waals surface area contributed by atoms with Crippen LogP contribution in [0.4, 0.5) is 0 Å². The Morgan fingerprint density at radius 1 is 0.259 bits per heavy atom. The average molecular weight is 687 g/mol. The molecule has 0 aliphatic heterocycles. The molecule has 0 bridgehead atoms. The summed E-state index contributed by atoms with van der Waals surface area (Å²) in [6.45, 7) is 0. The molecular weight excluding hydrogens is 657 g/mol. The van der Waals surface area contributed by atoms with E-state index in [1.165, 1.54) is 65.3 Å². The zero-order valence-corrected chi connectivity index (χ0v) is 29.1. The molecule has 0 spiro atoms. The van der Waals surface area contributed by atoms with E-state index in [2.05, 4.69) is 158 Å². The predicted octanol–water partition coefficient (Wildman–Crippen LogP) is 15.1. The smallest absolute Gasteiger partial charge is 0.136 e. The van der Waals surface area contributed by atoms with Gasteiger partial charge in [-0.2, -0.15) is 0 Å². The van der Waals surface area contributed by atoms with Gasteiger partial charge >= 0.3 is 0 Å². The predicted molar refractivity (Wildman–Crippen MR) is 227 cm³/mol. The van der Waals surface area contributed by atoms with Crippen LogP contribution in [0.25, 0.3) is 120 Å². The van der Waals surface area contributed by atoms with E-state index in [-0.39, 0.29) is 0 Å². The van der Waals surface area contributed by atoms with Crippen LogP contribution in [0.5, 0.6) is 0 Å². The van der Waals surface area contributed by atoms with Crippen molar-refractivity contribution in [2.24, 2.45) is 0 Å². The first kappa shape index (κ1) is 29.4. The van der Waals surface area contributed by atoms with Gasteiger partial charge in [0, 0.05) is 21.5 Å². The van der Waals surface area contributed by atoms with E-state index < -0.39 is 0 Å². The first-order chi connectivity index (χ1) is 26.8. The van der Waals surface area contributed by atoms with E-state index in [0.29, 0.717) is 0 Å². The molecule has 0 fully saturated rings. The summed E-state index contributed by atoms with van der Waals surface area (Å²) >= 11 is 0. The molecule has 0 aliphatic carbocycles. The van der Waals surface area contributed by atoms with Crippen molar-refractivity contribution in [1.82, 2.24) is 0 Å². The molecule has 0 saturated carbocycles. The van der Waals surface area contributed by atoms with Crippen LogP contribution in [-0.2, 0) is 0 Å². The molecule has 0 amide bonds. The first-order valence-corrected chi connectivity index (χ1v) is 18.5. The third-order valence-corrected chi connectivity index (χ3v) is 11.5. The summed E-state index contributed by atoms with van der Waals surface area (Å²) in [5.41, 5.74) is 10.8. The van der Waals surface area contributed by atoms with Gasteiger partial charge in [-0.25, -0.2) is 0 Å². The quantitative estimate of drug-likeness (QED) is 0.173. The lowest BCUT2D eigenvalue weighted by atomic mass is 9.84. The molecule has 2 heterocycles. The fourth-order valence-corrected chi connectivity index (χ4v) is 9.17. The van der Waals surface area contributed by atoms with Gasteiger partial charge in [-0.3, -0.25) is 0 Å². The highest BCUT2D eigenvalue weighted by molar-refractivity contribution is 6.32. The molecule has 2 heteroatoms. The molecule has 0 unspecified atom stereocenters. The summed E-state index contributed by atoms with van der Waals surface area (Å²) in [7, 11) is 0. The van der Waals surface area contributed by atoms with E-state index in [0.717, 1.165) is 55.0 Å². The van der Waals surface area contributed by atoms with E-state index in [9.17, 15) is 0 Å². The maximum Gasteiger partial charge on any atom is 0.136 e. The number of benzene rings is 10. The monoisotopic (exact) mass is 686 g/mol. The van der Waals surface area contributed by atoms with Gasteiger partial charge in [-0.1, -0.05) is 158 Å². The van der Waals surface area contributed by atoms with Crippen molar-refractivity contribution in [3.8, 4) is 33.4 Å². The average Bonchev–Trinajstić information content (AvgIpc) is 3.81. The van der Waals surface area contributed by atoms with Crippen molar-refractivity contribution in [3.05, 3.63) is 182 Å². The van der Waals surface area contributed by atoms with E-state index in [4.69, 9.17) is 8.83 Å². The summed E-state index contributed by atoms with van der Waals surface area (Å²) in [6, 6.07) is 65.6. The highest BCUT2D eigenvalue weighted by Gasteiger charge is 2.21. The molecule has 250 valence electrons. The fourth-order valence-electron chi connectivity index (χ4n) is 9.17. The number of hydrogen-bond acceptors (Lipinski definition) is 2. The third kappa shape index (κ3) is 4.11. The minimum Gasteiger partial charge on any atom is -0.456 e. The van der Waals surface area contributed by atoms with Crippen molar-refractivity contribution in [1.29, 1.82) is 0 Å². The van der Waals surface area contributed by atoms with E-state index in [1.54, 1.807) is 0 Å². The standard InChI is InChI=1S/C52H30O2/c1-2-14-34-31(12-1)13-11-22-36(34)49-40-19-7-5-17-38(40)48(39-18-6-8-20-41(39)49)33-26-24-32(25-27-33)43-30-47-50(37-16-4-3-15-35(37)43)52-46(54-47)29-28-45-51(52)42-21-9-10-23-44(42)53-45/h1-30H. The Bertz CT molecular complexity index is 3430. The fraction of sp³-hybridized carbons (Fsp3) is 0. The molecule has 0 aliphatic rings. The Balaban J connectivity index is 1.07. The highest BCUT2D eigenvalue weighted by Crippen LogP contribution is 2.47. The Kier molecular flexibility index (Phi) is 6.09. The van der Waals surface area contributed by atoms with Crippen molar-refractivity contribution in [2.75, 3.05) is 0 Å². The molecule has 0 N–H and O–H groups in total. The summed E-state index contributed by atoms with van der Waals surface area (Å²) in [5.74, 6) is 0.